The molecule has 0 fully saturated rings. The number of hydrogen-bond acceptors (Lipinski definition) is 2. The van der Waals surface area contributed by atoms with Gasteiger partial charge in [-0.25, -0.2) is 9.37 Å². The van der Waals surface area contributed by atoms with Crippen molar-refractivity contribution in [1.82, 2.24) is 9.55 Å². The van der Waals surface area contributed by atoms with Gasteiger partial charge < -0.3 is 9.30 Å². The Morgan fingerprint density at radius 1 is 1.39 bits per heavy atom. The molecule has 96 valence electrons. The van der Waals surface area contributed by atoms with Gasteiger partial charge in [0.15, 0.2) is 0 Å². The van der Waals surface area contributed by atoms with Gasteiger partial charge in [0.2, 0.25) is 0 Å². The molecule has 0 radical (unpaired) electrons. The second kappa shape index (κ2) is 5.52. The van der Waals surface area contributed by atoms with E-state index in [9.17, 15) is 4.39 Å². The first-order chi connectivity index (χ1) is 8.56. The number of rotatable bonds is 4. The molecular weight excluding hydrogens is 299 g/mol. The van der Waals surface area contributed by atoms with Crippen molar-refractivity contribution in [3.63, 3.8) is 0 Å². The third-order valence-electron chi connectivity index (χ3n) is 2.53. The first kappa shape index (κ1) is 13.1. The van der Waals surface area contributed by atoms with Crippen LogP contribution in [0.1, 0.15) is 25.6 Å². The quantitative estimate of drug-likeness (QED) is 0.855. The summed E-state index contributed by atoms with van der Waals surface area (Å²) in [6.07, 6.45) is 3.53. The van der Waals surface area contributed by atoms with Gasteiger partial charge in [0, 0.05) is 16.6 Å². The molecule has 0 saturated heterocycles. The van der Waals surface area contributed by atoms with E-state index < -0.39 is 0 Å². The first-order valence-corrected chi connectivity index (χ1v) is 6.45. The number of hydrogen-bond donors (Lipinski definition) is 0. The fourth-order valence-electron chi connectivity index (χ4n) is 1.68. The molecule has 0 N–H and O–H groups in total. The molecule has 3 nitrogen and oxygen atoms in total. The molecule has 18 heavy (non-hydrogen) atoms. The van der Waals surface area contributed by atoms with Crippen LogP contribution in [-0.4, -0.2) is 9.55 Å². The van der Waals surface area contributed by atoms with E-state index in [1.165, 1.54) is 12.1 Å². The van der Waals surface area contributed by atoms with Gasteiger partial charge in [-0.3, -0.25) is 0 Å². The SMILES string of the molecule is CC(C)n1cncc1COc1cc(F)cc(Br)c1. The zero-order valence-corrected chi connectivity index (χ0v) is 11.8. The van der Waals surface area contributed by atoms with E-state index in [0.29, 0.717) is 22.9 Å². The van der Waals surface area contributed by atoms with Crippen LogP contribution in [0.25, 0.3) is 0 Å². The van der Waals surface area contributed by atoms with Crippen LogP contribution >= 0.6 is 15.9 Å². The van der Waals surface area contributed by atoms with Crippen LogP contribution in [-0.2, 0) is 6.61 Å². The largest absolute Gasteiger partial charge is 0.487 e. The van der Waals surface area contributed by atoms with Crippen LogP contribution in [0.15, 0.2) is 35.2 Å². The van der Waals surface area contributed by atoms with Gasteiger partial charge in [0.05, 0.1) is 18.2 Å². The second-order valence-electron chi connectivity index (χ2n) is 4.28. The number of halogens is 2. The lowest BCUT2D eigenvalue weighted by molar-refractivity contribution is 0.290. The van der Waals surface area contributed by atoms with E-state index in [2.05, 4.69) is 34.8 Å². The Balaban J connectivity index is 2.09. The second-order valence-corrected chi connectivity index (χ2v) is 5.20. The minimum atomic E-state index is -0.322. The fraction of sp³-hybridized carbons (Fsp3) is 0.308. The van der Waals surface area contributed by atoms with Crippen molar-refractivity contribution in [2.24, 2.45) is 0 Å². The van der Waals surface area contributed by atoms with Crippen LogP contribution in [0.2, 0.25) is 0 Å². The van der Waals surface area contributed by atoms with Gasteiger partial charge in [0.1, 0.15) is 18.2 Å². The summed E-state index contributed by atoms with van der Waals surface area (Å²) in [6, 6.07) is 4.82. The van der Waals surface area contributed by atoms with Crippen LogP contribution in [0, 0.1) is 5.82 Å². The van der Waals surface area contributed by atoms with Gasteiger partial charge in [-0.05, 0) is 26.0 Å². The van der Waals surface area contributed by atoms with Crippen LogP contribution in [0.4, 0.5) is 4.39 Å². The minimum Gasteiger partial charge on any atom is -0.487 e. The molecule has 1 aromatic carbocycles. The van der Waals surface area contributed by atoms with Crippen LogP contribution in [0.5, 0.6) is 5.75 Å². The molecule has 0 aliphatic carbocycles. The van der Waals surface area contributed by atoms with Crippen LogP contribution < -0.4 is 4.74 Å². The molecule has 0 bridgehead atoms. The maximum atomic E-state index is 13.2. The molecule has 0 atom stereocenters. The van der Waals surface area contributed by atoms with Gasteiger partial charge in [-0.2, -0.15) is 0 Å². The predicted octanol–water partition coefficient (Wildman–Crippen LogP) is 3.94. The summed E-state index contributed by atoms with van der Waals surface area (Å²) in [7, 11) is 0. The van der Waals surface area contributed by atoms with Crippen molar-refractivity contribution >= 4 is 15.9 Å². The average molecular weight is 313 g/mol. The van der Waals surface area contributed by atoms with Gasteiger partial charge in [-0.1, -0.05) is 15.9 Å². The Kier molecular flexibility index (Phi) is 4.01. The van der Waals surface area contributed by atoms with E-state index in [-0.39, 0.29) is 5.82 Å². The summed E-state index contributed by atoms with van der Waals surface area (Å²) < 4.78 is 21.4. The van der Waals surface area contributed by atoms with E-state index in [1.54, 1.807) is 18.6 Å². The molecule has 5 heteroatoms. The monoisotopic (exact) mass is 312 g/mol. The molecule has 0 saturated carbocycles. The highest BCUT2D eigenvalue weighted by Crippen LogP contribution is 2.21. The number of aromatic nitrogens is 2. The average Bonchev–Trinajstić information content (AvgIpc) is 2.73. The maximum Gasteiger partial charge on any atom is 0.130 e. The fourth-order valence-corrected chi connectivity index (χ4v) is 2.12. The third-order valence-corrected chi connectivity index (χ3v) is 2.98. The molecular formula is C13H14BrFN2O. The summed E-state index contributed by atoms with van der Waals surface area (Å²) in [5, 5.41) is 0. The Morgan fingerprint density at radius 2 is 2.17 bits per heavy atom. The van der Waals surface area contributed by atoms with Crippen molar-refractivity contribution in [2.75, 3.05) is 0 Å². The van der Waals surface area contributed by atoms with E-state index in [0.717, 1.165) is 5.69 Å². The minimum absolute atomic E-state index is 0.322. The lowest BCUT2D eigenvalue weighted by atomic mass is 10.3. The van der Waals surface area contributed by atoms with Gasteiger partial charge >= 0.3 is 0 Å². The zero-order chi connectivity index (χ0) is 13.1. The summed E-state index contributed by atoms with van der Waals surface area (Å²) in [6.45, 7) is 4.52. The summed E-state index contributed by atoms with van der Waals surface area (Å²) in [5.41, 5.74) is 0.963. The topological polar surface area (TPSA) is 27.1 Å². The molecule has 1 heterocycles. The van der Waals surface area contributed by atoms with E-state index in [4.69, 9.17) is 4.74 Å². The summed E-state index contributed by atoms with van der Waals surface area (Å²) >= 11 is 3.23. The predicted molar refractivity (Wildman–Crippen MR) is 71.0 cm³/mol. The first-order valence-electron chi connectivity index (χ1n) is 5.66. The zero-order valence-electron chi connectivity index (χ0n) is 10.2. The number of imidazole rings is 1. The standard InChI is InChI=1S/C13H14BrFN2O/c1-9(2)17-8-16-6-12(17)7-18-13-4-10(14)3-11(15)5-13/h3-6,8-9H,7H2,1-2H3. The van der Waals surface area contributed by atoms with Crippen LogP contribution in [0.3, 0.4) is 0 Å². The molecule has 0 spiro atoms. The lowest BCUT2D eigenvalue weighted by Crippen LogP contribution is -2.07. The molecule has 0 aliphatic heterocycles. The molecule has 0 aliphatic rings. The molecule has 2 aromatic rings. The maximum absolute atomic E-state index is 13.2. The molecule has 0 amide bonds. The van der Waals surface area contributed by atoms with Crippen molar-refractivity contribution in [3.05, 3.63) is 46.7 Å². The Hall–Kier alpha value is -1.36. The molecule has 1 aromatic heterocycles. The summed E-state index contributed by atoms with van der Waals surface area (Å²) in [5.74, 6) is 0.176. The highest BCUT2D eigenvalue weighted by atomic mass is 79.9. The Bertz CT molecular complexity index is 519. The van der Waals surface area contributed by atoms with Crippen molar-refractivity contribution in [2.45, 2.75) is 26.5 Å². The number of benzene rings is 1. The highest BCUT2D eigenvalue weighted by molar-refractivity contribution is 9.10. The van der Waals surface area contributed by atoms with E-state index in [1.807, 2.05) is 4.57 Å². The lowest BCUT2D eigenvalue weighted by Gasteiger charge is -2.12. The van der Waals surface area contributed by atoms with Crippen molar-refractivity contribution in [1.29, 1.82) is 0 Å². The van der Waals surface area contributed by atoms with Gasteiger partial charge in [0.25, 0.3) is 0 Å². The molecule has 2 rings (SSSR count). The van der Waals surface area contributed by atoms with Crippen molar-refractivity contribution in [3.8, 4) is 5.75 Å². The van der Waals surface area contributed by atoms with Crippen molar-refractivity contribution < 1.29 is 9.13 Å². The normalized spacial score (nSPS) is 10.9. The highest BCUT2D eigenvalue weighted by Gasteiger charge is 2.07. The third kappa shape index (κ3) is 3.10. The van der Waals surface area contributed by atoms with Gasteiger partial charge in [-0.15, -0.1) is 0 Å². The Labute approximate surface area is 114 Å². The Morgan fingerprint density at radius 3 is 2.83 bits per heavy atom. The molecule has 0 unspecified atom stereocenters. The number of nitrogens with zero attached hydrogens (tertiary/aromatic N) is 2. The number of ether oxygens (including phenoxy) is 1. The van der Waals surface area contributed by atoms with E-state index >= 15 is 0 Å². The smallest absolute Gasteiger partial charge is 0.130 e. The summed E-state index contributed by atoms with van der Waals surface area (Å²) in [4.78, 5) is 4.09.